The molecule has 0 bridgehead atoms. The normalized spacial score (nSPS) is 13.0. The SMILES string of the molecule is CCOC(C)CNC(=O)c1ccc(F)c(S(N)(=O)=O)c1. The largest absolute Gasteiger partial charge is 0.377 e. The van der Waals surface area contributed by atoms with Gasteiger partial charge in [-0.25, -0.2) is 17.9 Å². The molecule has 0 aromatic heterocycles. The van der Waals surface area contributed by atoms with Crippen molar-refractivity contribution in [2.24, 2.45) is 5.14 Å². The molecule has 1 rings (SSSR count). The zero-order chi connectivity index (χ0) is 15.3. The monoisotopic (exact) mass is 304 g/mol. The molecule has 0 saturated heterocycles. The Morgan fingerprint density at radius 3 is 2.70 bits per heavy atom. The molecule has 0 saturated carbocycles. The van der Waals surface area contributed by atoms with Gasteiger partial charge in [0.2, 0.25) is 10.0 Å². The summed E-state index contributed by atoms with van der Waals surface area (Å²) in [6.07, 6.45) is -0.179. The number of ether oxygens (including phenoxy) is 1. The third-order valence-electron chi connectivity index (χ3n) is 2.50. The number of primary sulfonamides is 1. The number of benzene rings is 1. The van der Waals surface area contributed by atoms with E-state index in [0.29, 0.717) is 6.61 Å². The summed E-state index contributed by atoms with van der Waals surface area (Å²) in [4.78, 5) is 11.1. The molecule has 1 atom stereocenters. The molecule has 1 amide bonds. The predicted octanol–water partition coefficient (Wildman–Crippen LogP) is 0.628. The van der Waals surface area contributed by atoms with Crippen molar-refractivity contribution in [2.45, 2.75) is 24.8 Å². The van der Waals surface area contributed by atoms with E-state index in [9.17, 15) is 17.6 Å². The third kappa shape index (κ3) is 4.55. The molecule has 3 N–H and O–H groups in total. The number of amides is 1. The molecule has 0 aliphatic heterocycles. The molecular formula is C12H17FN2O4S. The maximum Gasteiger partial charge on any atom is 0.251 e. The van der Waals surface area contributed by atoms with Gasteiger partial charge in [0.15, 0.2) is 0 Å². The quantitative estimate of drug-likeness (QED) is 0.805. The summed E-state index contributed by atoms with van der Waals surface area (Å²) in [5.41, 5.74) is 0.0131. The Morgan fingerprint density at radius 2 is 2.15 bits per heavy atom. The second-order valence-electron chi connectivity index (χ2n) is 4.17. The number of halogens is 1. The van der Waals surface area contributed by atoms with Crippen molar-refractivity contribution >= 4 is 15.9 Å². The van der Waals surface area contributed by atoms with E-state index in [4.69, 9.17) is 9.88 Å². The van der Waals surface area contributed by atoms with Crippen LogP contribution in [0.25, 0.3) is 0 Å². The summed E-state index contributed by atoms with van der Waals surface area (Å²) in [6.45, 7) is 4.39. The average molecular weight is 304 g/mol. The second-order valence-corrected chi connectivity index (χ2v) is 5.70. The van der Waals surface area contributed by atoms with Gasteiger partial charge in [-0.05, 0) is 32.0 Å². The number of sulfonamides is 1. The number of carbonyl (C=O) groups excluding carboxylic acids is 1. The first-order valence-corrected chi connectivity index (χ1v) is 7.52. The number of hydrogen-bond acceptors (Lipinski definition) is 4. The summed E-state index contributed by atoms with van der Waals surface area (Å²) in [5, 5.41) is 7.43. The van der Waals surface area contributed by atoms with Crippen molar-refractivity contribution in [2.75, 3.05) is 13.2 Å². The van der Waals surface area contributed by atoms with Crippen molar-refractivity contribution in [1.82, 2.24) is 5.32 Å². The van der Waals surface area contributed by atoms with Crippen molar-refractivity contribution in [3.8, 4) is 0 Å². The van der Waals surface area contributed by atoms with Gasteiger partial charge in [0.1, 0.15) is 10.7 Å². The molecule has 0 aliphatic rings. The van der Waals surface area contributed by atoms with Gasteiger partial charge in [-0.15, -0.1) is 0 Å². The fraction of sp³-hybridized carbons (Fsp3) is 0.417. The summed E-state index contributed by atoms with van der Waals surface area (Å²) in [7, 11) is -4.21. The molecule has 1 aromatic carbocycles. The van der Waals surface area contributed by atoms with Crippen LogP contribution >= 0.6 is 0 Å². The number of hydrogen-bond donors (Lipinski definition) is 2. The fourth-order valence-electron chi connectivity index (χ4n) is 1.54. The van der Waals surface area contributed by atoms with Gasteiger partial charge >= 0.3 is 0 Å². The van der Waals surface area contributed by atoms with E-state index in [2.05, 4.69) is 5.32 Å². The van der Waals surface area contributed by atoms with Crippen LogP contribution in [-0.4, -0.2) is 33.6 Å². The molecule has 0 fully saturated rings. The molecule has 0 radical (unpaired) electrons. The molecule has 0 spiro atoms. The highest BCUT2D eigenvalue weighted by Crippen LogP contribution is 2.14. The maximum atomic E-state index is 13.3. The van der Waals surface area contributed by atoms with Crippen LogP contribution in [0.15, 0.2) is 23.1 Å². The van der Waals surface area contributed by atoms with E-state index in [0.717, 1.165) is 12.1 Å². The lowest BCUT2D eigenvalue weighted by molar-refractivity contribution is 0.0695. The number of nitrogens with two attached hydrogens (primary N) is 1. The first-order chi connectivity index (χ1) is 9.25. The smallest absolute Gasteiger partial charge is 0.251 e. The van der Waals surface area contributed by atoms with Gasteiger partial charge in [0.05, 0.1) is 6.10 Å². The van der Waals surface area contributed by atoms with Crippen LogP contribution in [0.5, 0.6) is 0 Å². The lowest BCUT2D eigenvalue weighted by atomic mass is 10.2. The van der Waals surface area contributed by atoms with Crippen LogP contribution in [0.4, 0.5) is 4.39 Å². The standard InChI is InChI=1S/C12H17FN2O4S/c1-3-19-8(2)7-15-12(16)9-4-5-10(13)11(6-9)20(14,17)18/h4-6,8H,3,7H2,1-2H3,(H,15,16)(H2,14,17,18). The van der Waals surface area contributed by atoms with Gasteiger partial charge in [-0.1, -0.05) is 0 Å². The first kappa shape index (κ1) is 16.5. The Bertz CT molecular complexity index is 589. The summed E-state index contributed by atoms with van der Waals surface area (Å²) in [6, 6.07) is 2.98. The molecule has 20 heavy (non-hydrogen) atoms. The molecule has 6 nitrogen and oxygen atoms in total. The molecule has 1 aromatic rings. The van der Waals surface area contributed by atoms with Gasteiger partial charge in [-0.2, -0.15) is 0 Å². The number of nitrogens with one attached hydrogen (secondary N) is 1. The van der Waals surface area contributed by atoms with Crippen LogP contribution in [0.3, 0.4) is 0 Å². The summed E-state index contributed by atoms with van der Waals surface area (Å²) >= 11 is 0. The van der Waals surface area contributed by atoms with Gasteiger partial charge in [0.25, 0.3) is 5.91 Å². The van der Waals surface area contributed by atoms with E-state index in [1.165, 1.54) is 6.07 Å². The van der Waals surface area contributed by atoms with Crippen molar-refractivity contribution in [1.29, 1.82) is 0 Å². The fourth-order valence-corrected chi connectivity index (χ4v) is 2.18. The first-order valence-electron chi connectivity index (χ1n) is 5.97. The third-order valence-corrected chi connectivity index (χ3v) is 3.43. The zero-order valence-electron chi connectivity index (χ0n) is 11.2. The topological polar surface area (TPSA) is 98.5 Å². The number of rotatable bonds is 6. The Kier molecular flexibility index (Phi) is 5.61. The second kappa shape index (κ2) is 6.78. The number of carbonyl (C=O) groups is 1. The highest BCUT2D eigenvalue weighted by molar-refractivity contribution is 7.89. The highest BCUT2D eigenvalue weighted by atomic mass is 32.2. The van der Waals surface area contributed by atoms with E-state index >= 15 is 0 Å². The van der Waals surface area contributed by atoms with Gasteiger partial charge in [-0.3, -0.25) is 4.79 Å². The lowest BCUT2D eigenvalue weighted by Crippen LogP contribution is -2.32. The summed E-state index contributed by atoms with van der Waals surface area (Å²) in [5.74, 6) is -1.52. The van der Waals surface area contributed by atoms with Crippen LogP contribution in [0.1, 0.15) is 24.2 Å². The Balaban J connectivity index is 2.85. The highest BCUT2D eigenvalue weighted by Gasteiger charge is 2.17. The van der Waals surface area contributed by atoms with Crippen molar-refractivity contribution < 1.29 is 22.3 Å². The Labute approximate surface area is 117 Å². The minimum absolute atomic E-state index is 0.0131. The minimum Gasteiger partial charge on any atom is -0.377 e. The van der Waals surface area contributed by atoms with Gasteiger partial charge < -0.3 is 10.1 Å². The molecule has 0 aliphatic carbocycles. The molecule has 1 unspecified atom stereocenters. The van der Waals surface area contributed by atoms with Gasteiger partial charge in [0, 0.05) is 18.7 Å². The average Bonchev–Trinajstić information content (AvgIpc) is 2.35. The Morgan fingerprint density at radius 1 is 1.50 bits per heavy atom. The lowest BCUT2D eigenvalue weighted by Gasteiger charge is -2.13. The molecular weight excluding hydrogens is 287 g/mol. The van der Waals surface area contributed by atoms with Crippen molar-refractivity contribution in [3.05, 3.63) is 29.6 Å². The van der Waals surface area contributed by atoms with Crippen molar-refractivity contribution in [3.63, 3.8) is 0 Å². The van der Waals surface area contributed by atoms with E-state index in [1.807, 2.05) is 6.92 Å². The molecule has 0 heterocycles. The van der Waals surface area contributed by atoms with E-state index < -0.39 is 26.6 Å². The maximum absolute atomic E-state index is 13.3. The van der Waals surface area contributed by atoms with E-state index in [1.54, 1.807) is 6.92 Å². The summed E-state index contributed by atoms with van der Waals surface area (Å²) < 4.78 is 40.9. The predicted molar refractivity (Wildman–Crippen MR) is 71.2 cm³/mol. The Hall–Kier alpha value is -1.51. The minimum atomic E-state index is -4.21. The van der Waals surface area contributed by atoms with Crippen LogP contribution < -0.4 is 10.5 Å². The zero-order valence-corrected chi connectivity index (χ0v) is 12.0. The molecule has 112 valence electrons. The van der Waals surface area contributed by atoms with Crippen LogP contribution in [-0.2, 0) is 14.8 Å². The van der Waals surface area contributed by atoms with Crippen LogP contribution in [0.2, 0.25) is 0 Å². The molecule has 8 heteroatoms. The van der Waals surface area contributed by atoms with Crippen LogP contribution in [0, 0.1) is 5.82 Å². The van der Waals surface area contributed by atoms with E-state index in [-0.39, 0.29) is 18.2 Å².